The summed E-state index contributed by atoms with van der Waals surface area (Å²) in [6.45, 7) is 2.04. The molecule has 2 rings (SSSR count). The molecule has 3 unspecified atom stereocenters. The number of rotatable bonds is 2. The molecular formula is C13H19NOS. The monoisotopic (exact) mass is 237 g/mol. The fourth-order valence-corrected chi connectivity index (χ4v) is 4.01. The normalized spacial score (nSPS) is 27.6. The predicted molar refractivity (Wildman–Crippen MR) is 67.8 cm³/mol. The van der Waals surface area contributed by atoms with Gasteiger partial charge < -0.3 is 5.73 Å². The zero-order valence-corrected chi connectivity index (χ0v) is 10.5. The SMILES string of the molecule is Cc1cccc(S(=O)C2CCCC(N)C2)c1. The molecule has 0 amide bonds. The summed E-state index contributed by atoms with van der Waals surface area (Å²) >= 11 is 0. The molecule has 0 aliphatic heterocycles. The van der Waals surface area contributed by atoms with Crippen molar-refractivity contribution in [2.75, 3.05) is 0 Å². The van der Waals surface area contributed by atoms with E-state index in [1.165, 1.54) is 5.56 Å². The third kappa shape index (κ3) is 2.71. The highest BCUT2D eigenvalue weighted by molar-refractivity contribution is 7.85. The van der Waals surface area contributed by atoms with Crippen molar-refractivity contribution in [3.63, 3.8) is 0 Å². The summed E-state index contributed by atoms with van der Waals surface area (Å²) < 4.78 is 12.4. The molecule has 2 N–H and O–H groups in total. The van der Waals surface area contributed by atoms with Crippen molar-refractivity contribution in [1.29, 1.82) is 0 Å². The molecule has 0 spiro atoms. The Morgan fingerprint density at radius 2 is 2.19 bits per heavy atom. The van der Waals surface area contributed by atoms with E-state index in [0.29, 0.717) is 0 Å². The molecule has 1 saturated carbocycles. The Labute approximate surface area is 99.7 Å². The molecule has 1 aromatic carbocycles. The van der Waals surface area contributed by atoms with Crippen LogP contribution in [0.2, 0.25) is 0 Å². The molecule has 1 fully saturated rings. The van der Waals surface area contributed by atoms with Gasteiger partial charge >= 0.3 is 0 Å². The Bertz CT molecular complexity index is 391. The number of benzene rings is 1. The largest absolute Gasteiger partial charge is 0.328 e. The van der Waals surface area contributed by atoms with Gasteiger partial charge in [-0.15, -0.1) is 0 Å². The topological polar surface area (TPSA) is 43.1 Å². The lowest BCUT2D eigenvalue weighted by Crippen LogP contribution is -2.33. The highest BCUT2D eigenvalue weighted by Gasteiger charge is 2.25. The van der Waals surface area contributed by atoms with Crippen molar-refractivity contribution in [2.45, 2.75) is 48.8 Å². The predicted octanol–water partition coefficient (Wildman–Crippen LogP) is 2.37. The van der Waals surface area contributed by atoms with Crippen LogP contribution in [-0.2, 0) is 10.8 Å². The van der Waals surface area contributed by atoms with Gasteiger partial charge in [0.1, 0.15) is 0 Å². The van der Waals surface area contributed by atoms with Crippen molar-refractivity contribution in [3.05, 3.63) is 29.8 Å². The average Bonchev–Trinajstić information content (AvgIpc) is 2.28. The van der Waals surface area contributed by atoms with Gasteiger partial charge in [-0.1, -0.05) is 18.6 Å². The number of hydrogen-bond acceptors (Lipinski definition) is 2. The molecule has 0 aromatic heterocycles. The molecule has 1 aromatic rings. The highest BCUT2D eigenvalue weighted by Crippen LogP contribution is 2.25. The standard InChI is InChI=1S/C13H19NOS/c1-10-4-2-6-12(8-10)16(15)13-7-3-5-11(14)9-13/h2,4,6,8,11,13H,3,5,7,9,14H2,1H3. The Morgan fingerprint density at radius 1 is 1.38 bits per heavy atom. The molecule has 1 aliphatic rings. The summed E-state index contributed by atoms with van der Waals surface area (Å²) in [5.74, 6) is 0. The lowest BCUT2D eigenvalue weighted by molar-refractivity contribution is 0.444. The van der Waals surface area contributed by atoms with Crippen LogP contribution in [-0.4, -0.2) is 15.5 Å². The summed E-state index contributed by atoms with van der Waals surface area (Å²) in [5.41, 5.74) is 7.11. The van der Waals surface area contributed by atoms with Crippen LogP contribution in [0, 0.1) is 6.92 Å². The molecule has 88 valence electrons. The number of nitrogens with two attached hydrogens (primary N) is 1. The minimum absolute atomic E-state index is 0.243. The smallest absolute Gasteiger partial charge is 0.0561 e. The second-order valence-corrected chi connectivity index (χ2v) is 6.40. The van der Waals surface area contributed by atoms with Crippen molar-refractivity contribution >= 4 is 10.8 Å². The van der Waals surface area contributed by atoms with E-state index in [-0.39, 0.29) is 11.3 Å². The van der Waals surface area contributed by atoms with Gasteiger partial charge in [0.15, 0.2) is 0 Å². The molecule has 0 saturated heterocycles. The molecule has 1 aliphatic carbocycles. The first-order chi connectivity index (χ1) is 7.66. The molecule has 0 radical (unpaired) electrons. The molecule has 3 heteroatoms. The van der Waals surface area contributed by atoms with Gasteiger partial charge in [-0.3, -0.25) is 4.21 Å². The quantitative estimate of drug-likeness (QED) is 0.858. The van der Waals surface area contributed by atoms with Gasteiger partial charge in [0, 0.05) is 16.2 Å². The second-order valence-electron chi connectivity index (χ2n) is 4.66. The average molecular weight is 237 g/mol. The van der Waals surface area contributed by atoms with E-state index >= 15 is 0 Å². The Hall–Kier alpha value is -0.670. The number of aryl methyl sites for hydroxylation is 1. The van der Waals surface area contributed by atoms with E-state index in [1.54, 1.807) is 0 Å². The summed E-state index contributed by atoms with van der Waals surface area (Å²) in [6.07, 6.45) is 4.15. The molecule has 3 atom stereocenters. The fourth-order valence-electron chi connectivity index (χ4n) is 2.31. The number of hydrogen-bond donors (Lipinski definition) is 1. The van der Waals surface area contributed by atoms with Gasteiger partial charge in [0.2, 0.25) is 0 Å². The van der Waals surface area contributed by atoms with Crippen LogP contribution >= 0.6 is 0 Å². The zero-order chi connectivity index (χ0) is 11.5. The van der Waals surface area contributed by atoms with Crippen molar-refractivity contribution in [3.8, 4) is 0 Å². The van der Waals surface area contributed by atoms with Crippen molar-refractivity contribution in [2.24, 2.45) is 5.73 Å². The van der Waals surface area contributed by atoms with Gasteiger partial charge in [0.25, 0.3) is 0 Å². The summed E-state index contributed by atoms with van der Waals surface area (Å²) in [6, 6.07) is 8.24. The first-order valence-electron chi connectivity index (χ1n) is 5.89. The minimum atomic E-state index is -0.881. The summed E-state index contributed by atoms with van der Waals surface area (Å²) in [4.78, 5) is 0.958. The maximum absolute atomic E-state index is 12.4. The summed E-state index contributed by atoms with van der Waals surface area (Å²) in [7, 11) is -0.881. The molecule has 2 nitrogen and oxygen atoms in total. The van der Waals surface area contributed by atoms with E-state index in [0.717, 1.165) is 30.6 Å². The Morgan fingerprint density at radius 3 is 2.88 bits per heavy atom. The van der Waals surface area contributed by atoms with Crippen molar-refractivity contribution in [1.82, 2.24) is 0 Å². The van der Waals surface area contributed by atoms with E-state index in [1.807, 2.05) is 31.2 Å². The minimum Gasteiger partial charge on any atom is -0.328 e. The Balaban J connectivity index is 2.12. The summed E-state index contributed by atoms with van der Waals surface area (Å²) in [5, 5.41) is 0.255. The lowest BCUT2D eigenvalue weighted by atomic mass is 9.96. The van der Waals surface area contributed by atoms with Crippen LogP contribution in [0.3, 0.4) is 0 Å². The van der Waals surface area contributed by atoms with E-state index in [9.17, 15) is 4.21 Å². The highest BCUT2D eigenvalue weighted by atomic mass is 32.2. The van der Waals surface area contributed by atoms with Crippen molar-refractivity contribution < 1.29 is 4.21 Å². The lowest BCUT2D eigenvalue weighted by Gasteiger charge is -2.25. The third-order valence-electron chi connectivity index (χ3n) is 3.19. The van der Waals surface area contributed by atoms with E-state index in [2.05, 4.69) is 0 Å². The maximum atomic E-state index is 12.4. The maximum Gasteiger partial charge on any atom is 0.0561 e. The van der Waals surface area contributed by atoms with Crippen LogP contribution in [0.1, 0.15) is 31.2 Å². The van der Waals surface area contributed by atoms with Crippen LogP contribution in [0.15, 0.2) is 29.2 Å². The fraction of sp³-hybridized carbons (Fsp3) is 0.538. The zero-order valence-electron chi connectivity index (χ0n) is 9.69. The first-order valence-corrected chi connectivity index (χ1v) is 7.11. The molecule has 0 heterocycles. The second kappa shape index (κ2) is 5.11. The van der Waals surface area contributed by atoms with E-state index < -0.39 is 10.8 Å². The van der Waals surface area contributed by atoms with Crippen LogP contribution in [0.4, 0.5) is 0 Å². The van der Waals surface area contributed by atoms with E-state index in [4.69, 9.17) is 5.73 Å². The third-order valence-corrected chi connectivity index (χ3v) is 4.94. The molecule has 0 bridgehead atoms. The molecule has 16 heavy (non-hydrogen) atoms. The van der Waals surface area contributed by atoms with Crippen LogP contribution in [0.5, 0.6) is 0 Å². The van der Waals surface area contributed by atoms with Gasteiger partial charge in [-0.05, 0) is 43.9 Å². The first kappa shape index (κ1) is 11.8. The van der Waals surface area contributed by atoms with Gasteiger partial charge in [-0.2, -0.15) is 0 Å². The van der Waals surface area contributed by atoms with Gasteiger partial charge in [0.05, 0.1) is 10.8 Å². The molecular weight excluding hydrogens is 218 g/mol. The van der Waals surface area contributed by atoms with Gasteiger partial charge in [-0.25, -0.2) is 0 Å². The van der Waals surface area contributed by atoms with Crippen LogP contribution in [0.25, 0.3) is 0 Å². The Kier molecular flexibility index (Phi) is 3.77. The van der Waals surface area contributed by atoms with Crippen LogP contribution < -0.4 is 5.73 Å².